The van der Waals surface area contributed by atoms with Crippen LogP contribution in [-0.4, -0.2) is 51.9 Å². The molecule has 1 aliphatic heterocycles. The number of hydrogen-bond acceptors (Lipinski definition) is 7. The molecule has 0 saturated carbocycles. The van der Waals surface area contributed by atoms with E-state index in [1.54, 1.807) is 32.7 Å². The van der Waals surface area contributed by atoms with Gasteiger partial charge in [0.2, 0.25) is 5.91 Å². The minimum atomic E-state index is -1.03. The van der Waals surface area contributed by atoms with E-state index in [-0.39, 0.29) is 24.8 Å². The summed E-state index contributed by atoms with van der Waals surface area (Å²) in [5, 5.41) is 15.0. The maximum absolute atomic E-state index is 12.9. The Balaban J connectivity index is 1.70. The molecular weight excluding hydrogens is 412 g/mol. The molecule has 0 saturated heterocycles. The van der Waals surface area contributed by atoms with Crippen LogP contribution in [0.15, 0.2) is 53.9 Å². The number of carboxylic acids is 1. The second-order valence-electron chi connectivity index (χ2n) is 7.27. The molecule has 1 atom stereocenters. The largest absolute Gasteiger partial charge is 0.493 e. The van der Waals surface area contributed by atoms with Crippen LogP contribution >= 0.6 is 0 Å². The van der Waals surface area contributed by atoms with Crippen LogP contribution in [0.25, 0.3) is 11.0 Å². The number of aromatic nitrogens is 2. The molecule has 9 heteroatoms. The van der Waals surface area contributed by atoms with Gasteiger partial charge in [0, 0.05) is 30.8 Å². The zero-order valence-corrected chi connectivity index (χ0v) is 17.7. The minimum Gasteiger partial charge on any atom is -0.493 e. The predicted octanol–water partition coefficient (Wildman–Crippen LogP) is 3.19. The maximum Gasteiger partial charge on any atom is 0.303 e. The summed E-state index contributed by atoms with van der Waals surface area (Å²) < 4.78 is 10.7. The number of carboxylic acid groups (broad SMARTS) is 1. The molecule has 1 aliphatic rings. The number of methoxy groups -OCH3 is 2. The van der Waals surface area contributed by atoms with Gasteiger partial charge in [0.25, 0.3) is 0 Å². The summed E-state index contributed by atoms with van der Waals surface area (Å²) in [6.07, 6.45) is 3.30. The monoisotopic (exact) mass is 434 g/mol. The Morgan fingerprint density at radius 3 is 2.47 bits per heavy atom. The lowest BCUT2D eigenvalue weighted by Crippen LogP contribution is -2.27. The van der Waals surface area contributed by atoms with E-state index in [9.17, 15) is 9.59 Å². The Morgan fingerprint density at radius 2 is 1.75 bits per heavy atom. The number of nitrogens with zero attached hydrogens (tertiary/aromatic N) is 4. The third kappa shape index (κ3) is 4.22. The van der Waals surface area contributed by atoms with Crippen molar-refractivity contribution in [3.05, 3.63) is 59.9 Å². The highest BCUT2D eigenvalue weighted by molar-refractivity contribution is 6.03. The summed E-state index contributed by atoms with van der Waals surface area (Å²) in [5.41, 5.74) is 3.79. The fourth-order valence-electron chi connectivity index (χ4n) is 3.71. The van der Waals surface area contributed by atoms with Crippen molar-refractivity contribution < 1.29 is 24.2 Å². The molecule has 2 aromatic carbocycles. The van der Waals surface area contributed by atoms with E-state index in [0.717, 1.165) is 16.6 Å². The highest BCUT2D eigenvalue weighted by Gasteiger charge is 2.33. The molecule has 1 N–H and O–H groups in total. The van der Waals surface area contributed by atoms with Crippen molar-refractivity contribution in [2.24, 2.45) is 5.10 Å². The van der Waals surface area contributed by atoms with E-state index >= 15 is 0 Å². The number of amides is 1. The van der Waals surface area contributed by atoms with Gasteiger partial charge < -0.3 is 14.6 Å². The third-order valence-corrected chi connectivity index (χ3v) is 5.31. The quantitative estimate of drug-likeness (QED) is 0.607. The fourth-order valence-corrected chi connectivity index (χ4v) is 3.71. The molecule has 0 spiro atoms. The van der Waals surface area contributed by atoms with Crippen LogP contribution in [0.3, 0.4) is 0 Å². The molecule has 9 nitrogen and oxygen atoms in total. The van der Waals surface area contributed by atoms with Gasteiger partial charge in [-0.1, -0.05) is 6.07 Å². The number of hydrazone groups is 1. The molecule has 164 valence electrons. The molecule has 1 amide bonds. The molecule has 0 bridgehead atoms. The summed E-state index contributed by atoms with van der Waals surface area (Å²) in [6, 6.07) is 10.7. The summed E-state index contributed by atoms with van der Waals surface area (Å²) in [7, 11) is 3.12. The Bertz CT molecular complexity index is 1210. The van der Waals surface area contributed by atoms with Crippen LogP contribution in [0, 0.1) is 0 Å². The number of carbonyl (C=O) groups excluding carboxylic acids is 1. The molecule has 4 rings (SSSR count). The highest BCUT2D eigenvalue weighted by Crippen LogP contribution is 2.36. The van der Waals surface area contributed by atoms with Crippen LogP contribution in [0.2, 0.25) is 0 Å². The van der Waals surface area contributed by atoms with Gasteiger partial charge in [-0.2, -0.15) is 5.10 Å². The van der Waals surface area contributed by atoms with Crippen molar-refractivity contribution in [2.75, 3.05) is 14.2 Å². The van der Waals surface area contributed by atoms with E-state index < -0.39 is 5.97 Å². The van der Waals surface area contributed by atoms with Crippen molar-refractivity contribution in [1.29, 1.82) is 0 Å². The lowest BCUT2D eigenvalue weighted by Gasteiger charge is -2.22. The lowest BCUT2D eigenvalue weighted by molar-refractivity contribution is -0.141. The third-order valence-electron chi connectivity index (χ3n) is 5.31. The topological polar surface area (TPSA) is 114 Å². The van der Waals surface area contributed by atoms with E-state index in [1.807, 2.05) is 30.3 Å². The van der Waals surface area contributed by atoms with Gasteiger partial charge >= 0.3 is 5.97 Å². The van der Waals surface area contributed by atoms with Crippen LogP contribution in [0.5, 0.6) is 11.5 Å². The van der Waals surface area contributed by atoms with Gasteiger partial charge in [0.05, 0.1) is 43.4 Å². The van der Waals surface area contributed by atoms with Crippen LogP contribution in [0.4, 0.5) is 0 Å². The Labute approximate surface area is 184 Å². The maximum atomic E-state index is 12.9. The average molecular weight is 434 g/mol. The standard InChI is InChI=1S/C23H22N4O5/c1-31-20-6-4-14(12-21(20)32-2)17-13-19(27(26-17)22(28)7-8-23(29)30)15-3-5-16-18(11-15)25-10-9-24-16/h3-6,9-12,19H,7-8,13H2,1-2H3,(H,29,30)/t19-/m0/s1. The average Bonchev–Trinajstić information content (AvgIpc) is 3.27. The van der Waals surface area contributed by atoms with Gasteiger partial charge in [-0.25, -0.2) is 5.01 Å². The molecule has 1 aromatic heterocycles. The summed E-state index contributed by atoms with van der Waals surface area (Å²) in [4.78, 5) is 32.5. The molecule has 3 aromatic rings. The number of carbonyl (C=O) groups is 2. The molecule has 0 fully saturated rings. The predicted molar refractivity (Wildman–Crippen MR) is 117 cm³/mol. The fraction of sp³-hybridized carbons (Fsp3) is 0.261. The van der Waals surface area contributed by atoms with Gasteiger partial charge in [-0.3, -0.25) is 19.6 Å². The van der Waals surface area contributed by atoms with Gasteiger partial charge in [0.15, 0.2) is 11.5 Å². The number of ether oxygens (including phenoxy) is 2. The Morgan fingerprint density at radius 1 is 1.00 bits per heavy atom. The number of aliphatic carboxylic acids is 1. The van der Waals surface area contributed by atoms with E-state index in [4.69, 9.17) is 14.6 Å². The second kappa shape index (κ2) is 9.01. The molecule has 32 heavy (non-hydrogen) atoms. The molecular formula is C23H22N4O5. The normalized spacial score (nSPS) is 15.5. The van der Waals surface area contributed by atoms with Crippen molar-refractivity contribution >= 4 is 28.6 Å². The van der Waals surface area contributed by atoms with Crippen LogP contribution in [0.1, 0.15) is 36.4 Å². The van der Waals surface area contributed by atoms with E-state index in [0.29, 0.717) is 29.1 Å². The lowest BCUT2D eigenvalue weighted by atomic mass is 9.97. The molecule has 2 heterocycles. The zero-order valence-electron chi connectivity index (χ0n) is 17.7. The number of fused-ring (bicyclic) bond motifs is 1. The molecule has 0 unspecified atom stereocenters. The van der Waals surface area contributed by atoms with Crippen molar-refractivity contribution in [3.63, 3.8) is 0 Å². The summed E-state index contributed by atoms with van der Waals surface area (Å²) in [6.45, 7) is 0. The number of hydrogen-bond donors (Lipinski definition) is 1. The molecule has 0 radical (unpaired) electrons. The van der Waals surface area contributed by atoms with Crippen molar-refractivity contribution in [3.8, 4) is 11.5 Å². The second-order valence-corrected chi connectivity index (χ2v) is 7.27. The van der Waals surface area contributed by atoms with E-state index in [1.165, 1.54) is 5.01 Å². The van der Waals surface area contributed by atoms with Crippen LogP contribution in [-0.2, 0) is 9.59 Å². The van der Waals surface area contributed by atoms with Crippen LogP contribution < -0.4 is 9.47 Å². The number of benzene rings is 2. The highest BCUT2D eigenvalue weighted by atomic mass is 16.5. The molecule has 0 aliphatic carbocycles. The van der Waals surface area contributed by atoms with Gasteiger partial charge in [-0.05, 0) is 35.9 Å². The smallest absolute Gasteiger partial charge is 0.303 e. The first-order valence-corrected chi connectivity index (χ1v) is 10.0. The first kappa shape index (κ1) is 21.2. The summed E-state index contributed by atoms with van der Waals surface area (Å²) in [5.74, 6) is -0.235. The minimum absolute atomic E-state index is 0.137. The van der Waals surface area contributed by atoms with Crippen molar-refractivity contribution in [1.82, 2.24) is 15.0 Å². The first-order chi connectivity index (χ1) is 15.5. The van der Waals surface area contributed by atoms with E-state index in [2.05, 4.69) is 15.1 Å². The Kier molecular flexibility index (Phi) is 5.98. The zero-order chi connectivity index (χ0) is 22.7. The number of rotatable bonds is 7. The van der Waals surface area contributed by atoms with Crippen molar-refractivity contribution in [2.45, 2.75) is 25.3 Å². The first-order valence-electron chi connectivity index (χ1n) is 10.0. The SMILES string of the molecule is COc1ccc(C2=NN(C(=O)CCC(=O)O)[C@H](c3ccc4nccnc4c3)C2)cc1OC. The van der Waals surface area contributed by atoms with Gasteiger partial charge in [-0.15, -0.1) is 0 Å². The Hall–Kier alpha value is -4.01. The van der Waals surface area contributed by atoms with Gasteiger partial charge in [0.1, 0.15) is 0 Å². The summed E-state index contributed by atoms with van der Waals surface area (Å²) >= 11 is 0.